The molecule has 1 saturated carbocycles. The van der Waals surface area contributed by atoms with Crippen LogP contribution in [0.25, 0.3) is 0 Å². The molecule has 0 radical (unpaired) electrons. The maximum Gasteiger partial charge on any atom is 0.435 e. The highest BCUT2D eigenvalue weighted by Gasteiger charge is 2.40. The van der Waals surface area contributed by atoms with Crippen LogP contribution in [-0.4, -0.2) is 33.5 Å². The van der Waals surface area contributed by atoms with E-state index in [9.17, 15) is 32.3 Å². The molecule has 1 aliphatic carbocycles. The van der Waals surface area contributed by atoms with Crippen molar-refractivity contribution in [1.82, 2.24) is 10.3 Å². The highest BCUT2D eigenvalue weighted by Crippen LogP contribution is 2.38. The summed E-state index contributed by atoms with van der Waals surface area (Å²) < 4.78 is 53.7. The van der Waals surface area contributed by atoms with Crippen LogP contribution < -0.4 is 10.6 Å². The van der Waals surface area contributed by atoms with Gasteiger partial charge < -0.3 is 15.7 Å². The zero-order valence-corrected chi connectivity index (χ0v) is 18.9. The number of hydrogen-bond donors (Lipinski definition) is 3. The third-order valence-corrected chi connectivity index (χ3v) is 6.55. The molecule has 2 aromatic rings. The maximum atomic E-state index is 13.5. The average molecular weight is 488 g/mol. The van der Waals surface area contributed by atoms with E-state index in [0.717, 1.165) is 49.9 Å². The molecule has 11 heteroatoms. The highest BCUT2D eigenvalue weighted by molar-refractivity contribution is 7.17. The van der Waals surface area contributed by atoms with E-state index in [-0.39, 0.29) is 16.6 Å². The number of carbonyl (C=O) groups excluding carboxylic acids is 2. The number of nitrogens with zero attached hydrogens (tertiary/aromatic N) is 1. The SMILES string of the molecule is CC(C)(NC(=O)CC1CCCC1)C(O)Nc1nc(C(F)(F)F)c(C(=O)c2ccc(F)cc2)s1. The number of aromatic nitrogens is 1. The number of alkyl halides is 3. The zero-order chi connectivity index (χ0) is 24.4. The molecule has 1 fully saturated rings. The molecule has 0 saturated heterocycles. The monoisotopic (exact) mass is 487 g/mol. The molecule has 1 heterocycles. The number of aliphatic hydroxyl groups is 1. The van der Waals surface area contributed by atoms with Crippen molar-refractivity contribution < 1.29 is 32.3 Å². The number of carbonyl (C=O) groups is 2. The lowest BCUT2D eigenvalue weighted by Crippen LogP contribution is -2.55. The molecule has 1 atom stereocenters. The summed E-state index contributed by atoms with van der Waals surface area (Å²) in [4.78, 5) is 27.8. The van der Waals surface area contributed by atoms with Gasteiger partial charge in [-0.25, -0.2) is 9.37 Å². The molecule has 0 bridgehead atoms. The summed E-state index contributed by atoms with van der Waals surface area (Å²) in [6, 6.07) is 4.12. The Balaban J connectivity index is 1.76. The van der Waals surface area contributed by atoms with Crippen LogP contribution in [-0.2, 0) is 11.0 Å². The average Bonchev–Trinajstić information content (AvgIpc) is 3.37. The molecule has 6 nitrogen and oxygen atoms in total. The van der Waals surface area contributed by atoms with Crippen LogP contribution in [0, 0.1) is 11.7 Å². The summed E-state index contributed by atoms with van der Waals surface area (Å²) in [5.41, 5.74) is -2.75. The van der Waals surface area contributed by atoms with E-state index in [4.69, 9.17) is 0 Å². The van der Waals surface area contributed by atoms with Crippen molar-refractivity contribution in [2.75, 3.05) is 5.32 Å². The van der Waals surface area contributed by atoms with E-state index in [1.807, 2.05) is 0 Å². The number of anilines is 1. The minimum Gasteiger partial charge on any atom is -0.371 e. The number of thiazole rings is 1. The standard InChI is InChI=1S/C22H25F4N3O3S/c1-21(2,29-15(30)11-12-5-3-4-6-12)19(32)28-20-27-18(22(24,25)26)17(33-20)16(31)13-7-9-14(23)10-8-13/h7-10,12,19,32H,3-6,11H2,1-2H3,(H,27,28)(H,29,30). The van der Waals surface area contributed by atoms with Crippen LogP contribution in [0.1, 0.15) is 66.9 Å². The molecule has 3 N–H and O–H groups in total. The number of amides is 1. The molecule has 1 aromatic heterocycles. The molecule has 3 rings (SSSR count). The van der Waals surface area contributed by atoms with Crippen LogP contribution >= 0.6 is 11.3 Å². The summed E-state index contributed by atoms with van der Waals surface area (Å²) in [6.07, 6.45) is -1.98. The Morgan fingerprint density at radius 1 is 1.18 bits per heavy atom. The van der Waals surface area contributed by atoms with Gasteiger partial charge in [-0.05, 0) is 56.9 Å². The number of rotatable bonds is 8. The number of hydrogen-bond acceptors (Lipinski definition) is 6. The van der Waals surface area contributed by atoms with E-state index in [1.54, 1.807) is 0 Å². The first-order valence-electron chi connectivity index (χ1n) is 10.5. The molecule has 0 spiro atoms. The van der Waals surface area contributed by atoms with Gasteiger partial charge in [-0.15, -0.1) is 0 Å². The minimum absolute atomic E-state index is 0.128. The van der Waals surface area contributed by atoms with Gasteiger partial charge in [-0.2, -0.15) is 13.2 Å². The van der Waals surface area contributed by atoms with Crippen LogP contribution in [0.5, 0.6) is 0 Å². The Kier molecular flexibility index (Phi) is 7.42. The Morgan fingerprint density at radius 2 is 1.79 bits per heavy atom. The Labute approximate surface area is 192 Å². The quantitative estimate of drug-likeness (QED) is 0.284. The Morgan fingerprint density at radius 3 is 2.36 bits per heavy atom. The Bertz CT molecular complexity index is 999. The number of aliphatic hydroxyl groups excluding tert-OH is 1. The number of benzene rings is 1. The van der Waals surface area contributed by atoms with E-state index in [2.05, 4.69) is 15.6 Å². The van der Waals surface area contributed by atoms with Gasteiger partial charge in [0.15, 0.2) is 10.8 Å². The lowest BCUT2D eigenvalue weighted by Gasteiger charge is -2.32. The van der Waals surface area contributed by atoms with Crippen LogP contribution in [0.3, 0.4) is 0 Å². The van der Waals surface area contributed by atoms with E-state index in [1.165, 1.54) is 13.8 Å². The molecule has 1 aliphatic rings. The van der Waals surface area contributed by atoms with Crippen molar-refractivity contribution in [1.29, 1.82) is 0 Å². The van der Waals surface area contributed by atoms with Crippen LogP contribution in [0.2, 0.25) is 0 Å². The second-order valence-electron chi connectivity index (χ2n) is 8.70. The highest BCUT2D eigenvalue weighted by atomic mass is 32.1. The van der Waals surface area contributed by atoms with Crippen molar-refractivity contribution in [2.45, 2.75) is 63.9 Å². The third-order valence-electron chi connectivity index (χ3n) is 5.56. The van der Waals surface area contributed by atoms with E-state index >= 15 is 0 Å². The normalized spacial score (nSPS) is 16.0. The summed E-state index contributed by atoms with van der Waals surface area (Å²) in [5, 5.41) is 15.4. The predicted molar refractivity (Wildman–Crippen MR) is 115 cm³/mol. The summed E-state index contributed by atoms with van der Waals surface area (Å²) in [6.45, 7) is 3.06. The molecule has 1 unspecified atom stereocenters. The molecule has 33 heavy (non-hydrogen) atoms. The van der Waals surface area contributed by atoms with Crippen molar-refractivity contribution in [3.8, 4) is 0 Å². The predicted octanol–water partition coefficient (Wildman–Crippen LogP) is 4.74. The van der Waals surface area contributed by atoms with Gasteiger partial charge in [0.2, 0.25) is 11.7 Å². The van der Waals surface area contributed by atoms with Gasteiger partial charge in [0.25, 0.3) is 0 Å². The van der Waals surface area contributed by atoms with Gasteiger partial charge in [-0.3, -0.25) is 9.59 Å². The lowest BCUT2D eigenvalue weighted by molar-refractivity contribution is -0.141. The maximum absolute atomic E-state index is 13.5. The minimum atomic E-state index is -4.92. The van der Waals surface area contributed by atoms with Crippen molar-refractivity contribution in [2.24, 2.45) is 5.92 Å². The first kappa shape index (κ1) is 25.1. The summed E-state index contributed by atoms with van der Waals surface area (Å²) >= 11 is 0.425. The smallest absolute Gasteiger partial charge is 0.371 e. The largest absolute Gasteiger partial charge is 0.435 e. The summed E-state index contributed by atoms with van der Waals surface area (Å²) in [7, 11) is 0. The van der Waals surface area contributed by atoms with Crippen molar-refractivity contribution in [3.63, 3.8) is 0 Å². The second-order valence-corrected chi connectivity index (χ2v) is 9.70. The Hall–Kier alpha value is -2.53. The fourth-order valence-electron chi connectivity index (χ4n) is 3.71. The van der Waals surface area contributed by atoms with E-state index in [0.29, 0.717) is 23.7 Å². The van der Waals surface area contributed by atoms with Crippen LogP contribution in [0.4, 0.5) is 22.7 Å². The van der Waals surface area contributed by atoms with Gasteiger partial charge in [0.1, 0.15) is 16.9 Å². The molecule has 1 aromatic carbocycles. The van der Waals surface area contributed by atoms with E-state index < -0.39 is 40.1 Å². The third kappa shape index (κ3) is 6.29. The van der Waals surface area contributed by atoms with Crippen molar-refractivity contribution >= 4 is 28.2 Å². The molecular formula is C22H25F4N3O3S. The fraction of sp³-hybridized carbons (Fsp3) is 0.500. The van der Waals surface area contributed by atoms with Gasteiger partial charge in [0, 0.05) is 12.0 Å². The second kappa shape index (κ2) is 9.76. The zero-order valence-electron chi connectivity index (χ0n) is 18.1. The molecule has 1 amide bonds. The number of ketones is 1. The van der Waals surface area contributed by atoms with Crippen molar-refractivity contribution in [3.05, 3.63) is 46.2 Å². The van der Waals surface area contributed by atoms with Gasteiger partial charge in [0.05, 0.1) is 5.54 Å². The van der Waals surface area contributed by atoms with Gasteiger partial charge in [-0.1, -0.05) is 24.2 Å². The lowest BCUT2D eigenvalue weighted by atomic mass is 10.00. The van der Waals surface area contributed by atoms with Crippen LogP contribution in [0.15, 0.2) is 24.3 Å². The molecular weight excluding hydrogens is 462 g/mol. The molecule has 0 aliphatic heterocycles. The van der Waals surface area contributed by atoms with Gasteiger partial charge >= 0.3 is 6.18 Å². The topological polar surface area (TPSA) is 91.3 Å². The first-order chi connectivity index (χ1) is 15.4. The first-order valence-corrected chi connectivity index (χ1v) is 11.3. The molecule has 180 valence electrons. The number of halogens is 4. The fourth-order valence-corrected chi connectivity index (χ4v) is 4.68. The summed E-state index contributed by atoms with van der Waals surface area (Å²) in [5.74, 6) is -1.56. The number of nitrogens with one attached hydrogen (secondary N) is 2.